The summed E-state index contributed by atoms with van der Waals surface area (Å²) < 4.78 is 1.92. The summed E-state index contributed by atoms with van der Waals surface area (Å²) in [5, 5.41) is 5.66. The largest absolute Gasteiger partial charge is 0.354 e. The standard InChI is InChI=1S/C27H38N6O/c1-6-11-20(2)24-29-25(22-19-28-33(26(22)30-24)21-12-8-7-9-13-21)32-15-10-14-31(16-17-32)23(34)18-27(3,4)5/h7-9,12-13,19-20H,6,10-11,14-18H2,1-5H3/t20-/m0/s1. The minimum Gasteiger partial charge on any atom is -0.354 e. The molecular formula is C27H38N6O. The summed E-state index contributed by atoms with van der Waals surface area (Å²) in [6.45, 7) is 13.9. The molecule has 0 N–H and O–H groups in total. The van der Waals surface area contributed by atoms with E-state index < -0.39 is 0 Å². The van der Waals surface area contributed by atoms with Crippen molar-refractivity contribution >= 4 is 22.8 Å². The van der Waals surface area contributed by atoms with Crippen LogP contribution in [0.3, 0.4) is 0 Å². The smallest absolute Gasteiger partial charge is 0.223 e. The molecule has 0 aliphatic carbocycles. The van der Waals surface area contributed by atoms with Gasteiger partial charge in [-0.1, -0.05) is 59.2 Å². The minimum atomic E-state index is -0.00175. The number of anilines is 1. The molecule has 1 amide bonds. The molecule has 1 aliphatic heterocycles. The van der Waals surface area contributed by atoms with Crippen molar-refractivity contribution in [3.63, 3.8) is 0 Å². The van der Waals surface area contributed by atoms with Crippen molar-refractivity contribution in [1.82, 2.24) is 24.6 Å². The monoisotopic (exact) mass is 462 g/mol. The van der Waals surface area contributed by atoms with E-state index in [1.807, 2.05) is 46.1 Å². The van der Waals surface area contributed by atoms with Gasteiger partial charge in [-0.25, -0.2) is 14.6 Å². The van der Waals surface area contributed by atoms with E-state index in [0.29, 0.717) is 13.0 Å². The topological polar surface area (TPSA) is 67.2 Å². The lowest BCUT2D eigenvalue weighted by Gasteiger charge is -2.26. The van der Waals surface area contributed by atoms with Gasteiger partial charge in [-0.15, -0.1) is 0 Å². The fourth-order valence-electron chi connectivity index (χ4n) is 4.64. The van der Waals surface area contributed by atoms with Crippen LogP contribution in [0.25, 0.3) is 16.7 Å². The molecule has 0 unspecified atom stereocenters. The van der Waals surface area contributed by atoms with E-state index in [1.165, 1.54) is 0 Å². The summed E-state index contributed by atoms with van der Waals surface area (Å²) in [5.74, 6) is 2.32. The van der Waals surface area contributed by atoms with Crippen LogP contribution < -0.4 is 4.90 Å². The highest BCUT2D eigenvalue weighted by atomic mass is 16.2. The van der Waals surface area contributed by atoms with E-state index in [0.717, 1.165) is 67.3 Å². The van der Waals surface area contributed by atoms with E-state index in [4.69, 9.17) is 15.1 Å². The molecule has 2 aromatic heterocycles. The number of amides is 1. The van der Waals surface area contributed by atoms with Gasteiger partial charge in [0.05, 0.1) is 17.3 Å². The number of hydrogen-bond acceptors (Lipinski definition) is 5. The van der Waals surface area contributed by atoms with Crippen molar-refractivity contribution in [3.8, 4) is 5.69 Å². The zero-order valence-electron chi connectivity index (χ0n) is 21.3. The van der Waals surface area contributed by atoms with Crippen LogP contribution in [-0.2, 0) is 4.79 Å². The first-order valence-corrected chi connectivity index (χ1v) is 12.6. The summed E-state index contributed by atoms with van der Waals surface area (Å²) in [7, 11) is 0. The average molecular weight is 463 g/mol. The van der Waals surface area contributed by atoms with Crippen molar-refractivity contribution in [2.75, 3.05) is 31.1 Å². The maximum atomic E-state index is 12.9. The van der Waals surface area contributed by atoms with Crippen LogP contribution in [0.15, 0.2) is 36.5 Å². The Balaban J connectivity index is 1.68. The first-order chi connectivity index (χ1) is 16.3. The molecular weight excluding hydrogens is 424 g/mol. The molecule has 7 nitrogen and oxygen atoms in total. The number of benzene rings is 1. The van der Waals surface area contributed by atoms with Crippen LogP contribution >= 0.6 is 0 Å². The second-order valence-electron chi connectivity index (χ2n) is 10.7. The van der Waals surface area contributed by atoms with Crippen molar-refractivity contribution < 1.29 is 4.79 Å². The summed E-state index contributed by atoms with van der Waals surface area (Å²) in [6, 6.07) is 10.1. The minimum absolute atomic E-state index is 0.00175. The molecule has 1 aliphatic rings. The maximum Gasteiger partial charge on any atom is 0.223 e. The Hall–Kier alpha value is -2.96. The van der Waals surface area contributed by atoms with Gasteiger partial charge in [0, 0.05) is 38.5 Å². The number of carbonyl (C=O) groups excluding carboxylic acids is 1. The van der Waals surface area contributed by atoms with Gasteiger partial charge in [0.15, 0.2) is 5.65 Å². The highest BCUT2D eigenvalue weighted by Gasteiger charge is 2.26. The number of nitrogens with zero attached hydrogens (tertiary/aromatic N) is 6. The van der Waals surface area contributed by atoms with E-state index in [-0.39, 0.29) is 17.2 Å². The van der Waals surface area contributed by atoms with Crippen LogP contribution in [0.4, 0.5) is 5.82 Å². The Morgan fingerprint density at radius 2 is 1.82 bits per heavy atom. The lowest BCUT2D eigenvalue weighted by Crippen LogP contribution is -2.37. The van der Waals surface area contributed by atoms with Crippen LogP contribution in [0, 0.1) is 5.41 Å². The third kappa shape index (κ3) is 5.40. The number of carbonyl (C=O) groups is 1. The van der Waals surface area contributed by atoms with Crippen molar-refractivity contribution in [3.05, 3.63) is 42.4 Å². The summed E-state index contributed by atoms with van der Waals surface area (Å²) in [5.41, 5.74) is 1.84. The molecule has 7 heteroatoms. The molecule has 3 aromatic rings. The van der Waals surface area contributed by atoms with E-state index in [1.54, 1.807) is 0 Å². The molecule has 34 heavy (non-hydrogen) atoms. The van der Waals surface area contributed by atoms with Crippen molar-refractivity contribution in [2.24, 2.45) is 5.41 Å². The van der Waals surface area contributed by atoms with E-state index in [2.05, 4.69) is 39.5 Å². The zero-order chi connectivity index (χ0) is 24.3. The number of hydrogen-bond donors (Lipinski definition) is 0. The van der Waals surface area contributed by atoms with Gasteiger partial charge in [-0.05, 0) is 30.4 Å². The quantitative estimate of drug-likeness (QED) is 0.504. The Morgan fingerprint density at radius 1 is 1.06 bits per heavy atom. The van der Waals surface area contributed by atoms with Crippen LogP contribution in [0.1, 0.15) is 72.0 Å². The molecule has 182 valence electrons. The fraction of sp³-hybridized carbons (Fsp3) is 0.556. The normalized spacial score (nSPS) is 16.0. The number of para-hydroxylation sites is 1. The molecule has 0 bridgehead atoms. The molecule has 3 heterocycles. The third-order valence-corrected chi connectivity index (χ3v) is 6.42. The van der Waals surface area contributed by atoms with Gasteiger partial charge in [0.2, 0.25) is 5.91 Å². The molecule has 1 saturated heterocycles. The zero-order valence-corrected chi connectivity index (χ0v) is 21.3. The van der Waals surface area contributed by atoms with Gasteiger partial charge < -0.3 is 9.80 Å². The molecule has 4 rings (SSSR count). The Kier molecular flexibility index (Phi) is 7.19. The van der Waals surface area contributed by atoms with Gasteiger partial charge in [0.1, 0.15) is 11.6 Å². The van der Waals surface area contributed by atoms with E-state index in [9.17, 15) is 4.79 Å². The first-order valence-electron chi connectivity index (χ1n) is 12.6. The molecule has 0 spiro atoms. The fourth-order valence-corrected chi connectivity index (χ4v) is 4.64. The van der Waals surface area contributed by atoms with E-state index >= 15 is 0 Å². The van der Waals surface area contributed by atoms with Crippen LogP contribution in [-0.4, -0.2) is 56.7 Å². The van der Waals surface area contributed by atoms with Gasteiger partial charge in [-0.3, -0.25) is 4.79 Å². The molecule has 1 aromatic carbocycles. The maximum absolute atomic E-state index is 12.9. The Morgan fingerprint density at radius 3 is 2.53 bits per heavy atom. The summed E-state index contributed by atoms with van der Waals surface area (Å²) in [6.07, 6.45) is 5.52. The third-order valence-electron chi connectivity index (χ3n) is 6.42. The SMILES string of the molecule is CCC[C@H](C)c1nc(N2CCCN(C(=O)CC(C)(C)C)CC2)c2cnn(-c3ccccc3)c2n1. The lowest BCUT2D eigenvalue weighted by atomic mass is 9.91. The van der Waals surface area contributed by atoms with Gasteiger partial charge in [-0.2, -0.15) is 5.10 Å². The lowest BCUT2D eigenvalue weighted by molar-refractivity contribution is -0.132. The number of fused-ring (bicyclic) bond motifs is 1. The highest BCUT2D eigenvalue weighted by Crippen LogP contribution is 2.30. The Bertz CT molecular complexity index is 1120. The number of aromatic nitrogens is 4. The first kappa shape index (κ1) is 24.2. The Labute approximate surface area is 203 Å². The second-order valence-corrected chi connectivity index (χ2v) is 10.7. The van der Waals surface area contributed by atoms with Crippen molar-refractivity contribution in [1.29, 1.82) is 0 Å². The molecule has 0 radical (unpaired) electrons. The predicted octanol–water partition coefficient (Wildman–Crippen LogP) is 5.19. The molecule has 1 atom stereocenters. The van der Waals surface area contributed by atoms with Gasteiger partial charge in [0.25, 0.3) is 0 Å². The second kappa shape index (κ2) is 10.1. The number of rotatable bonds is 6. The van der Waals surface area contributed by atoms with Crippen LogP contribution in [0.2, 0.25) is 0 Å². The predicted molar refractivity (Wildman–Crippen MR) is 137 cm³/mol. The summed E-state index contributed by atoms with van der Waals surface area (Å²) >= 11 is 0. The average Bonchev–Trinajstić information content (AvgIpc) is 3.07. The van der Waals surface area contributed by atoms with Crippen LogP contribution in [0.5, 0.6) is 0 Å². The molecule has 0 saturated carbocycles. The summed E-state index contributed by atoms with van der Waals surface area (Å²) in [4.78, 5) is 27.3. The highest BCUT2D eigenvalue weighted by molar-refractivity contribution is 5.88. The van der Waals surface area contributed by atoms with Gasteiger partial charge >= 0.3 is 0 Å². The molecule has 1 fully saturated rings. The van der Waals surface area contributed by atoms with Crippen molar-refractivity contribution in [2.45, 2.75) is 66.2 Å².